The number of carbonyl (C=O) groups excluding carboxylic acids is 1. The van der Waals surface area contributed by atoms with Crippen LogP contribution in [0.4, 0.5) is 5.69 Å². The Morgan fingerprint density at radius 1 is 1.16 bits per heavy atom. The predicted molar refractivity (Wildman–Crippen MR) is 103 cm³/mol. The van der Waals surface area contributed by atoms with Gasteiger partial charge in [0.05, 0.1) is 5.69 Å². The Kier molecular flexibility index (Phi) is 5.14. The SMILES string of the molecule is CC(C)CC(=O)Nc1ccc(-c2csc(-c3cccc(O)c3)n2)cc1. The molecule has 0 unspecified atom stereocenters. The quantitative estimate of drug-likeness (QED) is 0.666. The Morgan fingerprint density at radius 3 is 2.60 bits per heavy atom. The van der Waals surface area contributed by atoms with Crippen LogP contribution in [0.1, 0.15) is 20.3 Å². The van der Waals surface area contributed by atoms with E-state index in [1.54, 1.807) is 18.2 Å². The minimum Gasteiger partial charge on any atom is -0.508 e. The van der Waals surface area contributed by atoms with Crippen LogP contribution in [0.5, 0.6) is 5.75 Å². The number of hydrogen-bond acceptors (Lipinski definition) is 4. The molecule has 4 nitrogen and oxygen atoms in total. The molecule has 0 radical (unpaired) electrons. The van der Waals surface area contributed by atoms with Crippen LogP contribution in [0.3, 0.4) is 0 Å². The minimum atomic E-state index is 0.0302. The molecule has 0 spiro atoms. The van der Waals surface area contributed by atoms with E-state index in [1.807, 2.05) is 49.6 Å². The fourth-order valence-corrected chi connectivity index (χ4v) is 3.31. The van der Waals surface area contributed by atoms with E-state index >= 15 is 0 Å². The average Bonchev–Trinajstić information content (AvgIpc) is 3.05. The summed E-state index contributed by atoms with van der Waals surface area (Å²) in [5, 5.41) is 15.4. The van der Waals surface area contributed by atoms with Gasteiger partial charge in [0.1, 0.15) is 10.8 Å². The van der Waals surface area contributed by atoms with E-state index < -0.39 is 0 Å². The predicted octanol–water partition coefficient (Wildman–Crippen LogP) is 5.17. The lowest BCUT2D eigenvalue weighted by Crippen LogP contribution is -2.13. The van der Waals surface area contributed by atoms with E-state index in [0.717, 1.165) is 27.5 Å². The highest BCUT2D eigenvalue weighted by Gasteiger charge is 2.09. The molecule has 2 N–H and O–H groups in total. The van der Waals surface area contributed by atoms with E-state index in [0.29, 0.717) is 12.3 Å². The molecule has 25 heavy (non-hydrogen) atoms. The van der Waals surface area contributed by atoms with Crippen molar-refractivity contribution in [3.8, 4) is 27.6 Å². The number of aromatic hydroxyl groups is 1. The normalized spacial score (nSPS) is 10.8. The molecule has 0 atom stereocenters. The Morgan fingerprint density at radius 2 is 1.92 bits per heavy atom. The molecule has 0 fully saturated rings. The molecule has 1 amide bonds. The van der Waals surface area contributed by atoms with Crippen molar-refractivity contribution in [2.24, 2.45) is 5.92 Å². The van der Waals surface area contributed by atoms with Crippen LogP contribution < -0.4 is 5.32 Å². The van der Waals surface area contributed by atoms with Gasteiger partial charge in [-0.15, -0.1) is 11.3 Å². The van der Waals surface area contributed by atoms with Crippen molar-refractivity contribution in [2.45, 2.75) is 20.3 Å². The minimum absolute atomic E-state index is 0.0302. The molecule has 128 valence electrons. The Labute approximate surface area is 151 Å². The van der Waals surface area contributed by atoms with Crippen LogP contribution >= 0.6 is 11.3 Å². The molecule has 0 saturated heterocycles. The van der Waals surface area contributed by atoms with E-state index in [4.69, 9.17) is 0 Å². The second-order valence-electron chi connectivity index (χ2n) is 6.31. The molecular weight excluding hydrogens is 332 g/mol. The first-order chi connectivity index (χ1) is 12.0. The first-order valence-electron chi connectivity index (χ1n) is 8.16. The van der Waals surface area contributed by atoms with E-state index in [1.165, 1.54) is 11.3 Å². The first-order valence-corrected chi connectivity index (χ1v) is 9.04. The summed E-state index contributed by atoms with van der Waals surface area (Å²) in [5.41, 5.74) is 3.56. The summed E-state index contributed by atoms with van der Waals surface area (Å²) in [4.78, 5) is 16.5. The first kappa shape index (κ1) is 17.2. The summed E-state index contributed by atoms with van der Waals surface area (Å²) in [7, 11) is 0. The highest BCUT2D eigenvalue weighted by Crippen LogP contribution is 2.30. The van der Waals surface area contributed by atoms with E-state index in [-0.39, 0.29) is 11.7 Å². The Bertz CT molecular complexity index is 869. The van der Waals surface area contributed by atoms with Crippen LogP contribution in [-0.2, 0) is 4.79 Å². The summed E-state index contributed by atoms with van der Waals surface area (Å²) >= 11 is 1.54. The summed E-state index contributed by atoms with van der Waals surface area (Å²) in [6, 6.07) is 14.8. The van der Waals surface area contributed by atoms with Crippen molar-refractivity contribution < 1.29 is 9.90 Å². The van der Waals surface area contributed by atoms with Gasteiger partial charge in [0, 0.05) is 28.6 Å². The third-order valence-corrected chi connectivity index (χ3v) is 4.55. The van der Waals surface area contributed by atoms with Gasteiger partial charge in [-0.3, -0.25) is 4.79 Å². The summed E-state index contributed by atoms with van der Waals surface area (Å²) < 4.78 is 0. The lowest BCUT2D eigenvalue weighted by molar-refractivity contribution is -0.116. The number of benzene rings is 2. The van der Waals surface area contributed by atoms with Gasteiger partial charge in [-0.2, -0.15) is 0 Å². The third kappa shape index (κ3) is 4.45. The van der Waals surface area contributed by atoms with Gasteiger partial charge >= 0.3 is 0 Å². The molecule has 2 aromatic carbocycles. The number of carbonyl (C=O) groups is 1. The number of phenolic OH excluding ortho intramolecular Hbond substituents is 1. The van der Waals surface area contributed by atoms with Crippen LogP contribution in [0.2, 0.25) is 0 Å². The maximum atomic E-state index is 11.8. The van der Waals surface area contributed by atoms with Gasteiger partial charge in [0.25, 0.3) is 0 Å². The smallest absolute Gasteiger partial charge is 0.224 e. The highest BCUT2D eigenvalue weighted by atomic mass is 32.1. The Hall–Kier alpha value is -2.66. The van der Waals surface area contributed by atoms with Crippen molar-refractivity contribution in [3.05, 3.63) is 53.9 Å². The van der Waals surface area contributed by atoms with Gasteiger partial charge in [0.2, 0.25) is 5.91 Å². The zero-order chi connectivity index (χ0) is 17.8. The fraction of sp³-hybridized carbons (Fsp3) is 0.200. The molecule has 0 saturated carbocycles. The summed E-state index contributed by atoms with van der Waals surface area (Å²) in [5.74, 6) is 0.600. The molecule has 1 aromatic heterocycles. The van der Waals surface area contributed by atoms with Crippen molar-refractivity contribution >= 4 is 22.9 Å². The molecule has 0 aliphatic heterocycles. The van der Waals surface area contributed by atoms with Crippen molar-refractivity contribution in [3.63, 3.8) is 0 Å². The van der Waals surface area contributed by atoms with Gasteiger partial charge in [0.15, 0.2) is 0 Å². The number of hydrogen-bond donors (Lipinski definition) is 2. The standard InChI is InChI=1S/C20H20N2O2S/c1-13(2)10-19(24)21-16-8-6-14(7-9-16)18-12-25-20(22-18)15-4-3-5-17(23)11-15/h3-9,11-13,23H,10H2,1-2H3,(H,21,24). The summed E-state index contributed by atoms with van der Waals surface area (Å²) in [6.07, 6.45) is 0.515. The molecule has 3 rings (SSSR count). The molecule has 3 aromatic rings. The van der Waals surface area contributed by atoms with Crippen LogP contribution in [0, 0.1) is 5.92 Å². The molecule has 0 aliphatic carbocycles. The lowest BCUT2D eigenvalue weighted by atomic mass is 10.1. The van der Waals surface area contributed by atoms with Crippen molar-refractivity contribution in [1.82, 2.24) is 4.98 Å². The third-order valence-electron chi connectivity index (χ3n) is 3.66. The lowest BCUT2D eigenvalue weighted by Gasteiger charge is -2.07. The molecule has 5 heteroatoms. The van der Waals surface area contributed by atoms with Gasteiger partial charge in [-0.25, -0.2) is 4.98 Å². The van der Waals surface area contributed by atoms with Crippen LogP contribution in [-0.4, -0.2) is 16.0 Å². The number of phenols is 1. The number of anilines is 1. The number of amides is 1. The highest BCUT2D eigenvalue weighted by molar-refractivity contribution is 7.13. The largest absolute Gasteiger partial charge is 0.508 e. The van der Waals surface area contributed by atoms with Crippen LogP contribution in [0.15, 0.2) is 53.9 Å². The summed E-state index contributed by atoms with van der Waals surface area (Å²) in [6.45, 7) is 4.05. The zero-order valence-corrected chi connectivity index (χ0v) is 15.0. The number of nitrogens with one attached hydrogen (secondary N) is 1. The Balaban J connectivity index is 1.74. The van der Waals surface area contributed by atoms with Gasteiger partial charge < -0.3 is 10.4 Å². The van der Waals surface area contributed by atoms with E-state index in [2.05, 4.69) is 10.3 Å². The average molecular weight is 352 g/mol. The topological polar surface area (TPSA) is 62.2 Å². The number of aromatic nitrogens is 1. The fourth-order valence-electron chi connectivity index (χ4n) is 2.48. The number of thiazole rings is 1. The zero-order valence-electron chi connectivity index (χ0n) is 14.2. The van der Waals surface area contributed by atoms with Gasteiger partial charge in [-0.05, 0) is 30.2 Å². The molecular formula is C20H20N2O2S. The number of nitrogens with zero attached hydrogens (tertiary/aromatic N) is 1. The maximum Gasteiger partial charge on any atom is 0.224 e. The van der Waals surface area contributed by atoms with Crippen molar-refractivity contribution in [2.75, 3.05) is 5.32 Å². The second-order valence-corrected chi connectivity index (χ2v) is 7.17. The van der Waals surface area contributed by atoms with Gasteiger partial charge in [-0.1, -0.05) is 38.1 Å². The van der Waals surface area contributed by atoms with Crippen molar-refractivity contribution in [1.29, 1.82) is 0 Å². The molecule has 1 heterocycles. The van der Waals surface area contributed by atoms with Crippen LogP contribution in [0.25, 0.3) is 21.8 Å². The monoisotopic (exact) mass is 352 g/mol. The second kappa shape index (κ2) is 7.49. The number of rotatable bonds is 5. The van der Waals surface area contributed by atoms with E-state index in [9.17, 15) is 9.90 Å². The molecule has 0 aliphatic rings. The molecule has 0 bridgehead atoms. The maximum absolute atomic E-state index is 11.8.